The molecule has 1 aliphatic carbocycles. The van der Waals surface area contributed by atoms with Crippen molar-refractivity contribution in [3.63, 3.8) is 0 Å². The Morgan fingerprint density at radius 2 is 1.94 bits per heavy atom. The van der Waals surface area contributed by atoms with Crippen molar-refractivity contribution in [1.29, 1.82) is 0 Å². The third-order valence-corrected chi connectivity index (χ3v) is 1.81. The zero-order valence-corrected chi connectivity index (χ0v) is 9.22. The predicted molar refractivity (Wildman–Crippen MR) is 64.8 cm³/mol. The topological polar surface area (TPSA) is 38.3 Å². The van der Waals surface area contributed by atoms with E-state index in [1.54, 1.807) is 12.2 Å². The maximum absolute atomic E-state index is 11.0. The van der Waals surface area contributed by atoms with Gasteiger partial charge in [-0.05, 0) is 18.6 Å². The second-order valence-corrected chi connectivity index (χ2v) is 3.04. The van der Waals surface area contributed by atoms with Crippen molar-refractivity contribution in [2.75, 3.05) is 7.05 Å². The molecule has 1 amide bonds. The molecule has 0 fully saturated rings. The Balaban J connectivity index is 2.74. The Bertz CT molecular complexity index is 373. The first-order valence-corrected chi connectivity index (χ1v) is 5.09. The molecule has 0 heterocycles. The van der Waals surface area contributed by atoms with Crippen LogP contribution in [0.15, 0.2) is 60.4 Å². The molecule has 0 unspecified atom stereocenters. The number of ether oxygens (including phenoxy) is 1. The van der Waals surface area contributed by atoms with Crippen molar-refractivity contribution < 1.29 is 9.53 Å². The molecule has 0 aromatic rings. The van der Waals surface area contributed by atoms with Crippen LogP contribution >= 0.6 is 0 Å². The highest BCUT2D eigenvalue weighted by atomic mass is 16.6. The van der Waals surface area contributed by atoms with Crippen molar-refractivity contribution in [3.8, 4) is 0 Å². The fraction of sp³-hybridized carbons (Fsp3) is 0.154. The van der Waals surface area contributed by atoms with Crippen LogP contribution in [0, 0.1) is 0 Å². The van der Waals surface area contributed by atoms with Gasteiger partial charge in [-0.25, -0.2) is 4.79 Å². The zero-order valence-electron chi connectivity index (χ0n) is 9.22. The van der Waals surface area contributed by atoms with E-state index in [1.807, 2.05) is 42.5 Å². The molecule has 1 rings (SSSR count). The summed E-state index contributed by atoms with van der Waals surface area (Å²) in [6.45, 7) is 0. The SMILES string of the molecule is CNC(=O)O/C1=C/C=C\C=C/C=C\CC=C1. The molecule has 0 atom stereocenters. The third kappa shape index (κ3) is 5.00. The molecule has 3 heteroatoms. The lowest BCUT2D eigenvalue weighted by atomic mass is 10.3. The standard InChI is InChI=1S/C13H15NO2/c1-14-13(15)16-12-10-8-6-4-2-3-5-7-9-11-12/h2-6,8-11H,7H2,1H3,(H,14,15)/b4-2-,5-3-,8-6-,11-9?,12-10+. The van der Waals surface area contributed by atoms with Gasteiger partial charge in [0.05, 0.1) is 0 Å². The molecule has 0 aromatic carbocycles. The number of alkyl carbamates (subject to hydrolysis) is 1. The van der Waals surface area contributed by atoms with Crippen LogP contribution in [0.25, 0.3) is 0 Å². The zero-order chi connectivity index (χ0) is 11.6. The third-order valence-electron chi connectivity index (χ3n) is 1.81. The van der Waals surface area contributed by atoms with Gasteiger partial charge in [-0.1, -0.05) is 42.5 Å². The Morgan fingerprint density at radius 1 is 1.19 bits per heavy atom. The number of nitrogens with one attached hydrogen (secondary N) is 1. The summed E-state index contributed by atoms with van der Waals surface area (Å²) in [5.41, 5.74) is 0. The number of hydrogen-bond donors (Lipinski definition) is 1. The summed E-state index contributed by atoms with van der Waals surface area (Å²) in [7, 11) is 1.53. The number of carbonyl (C=O) groups is 1. The first-order valence-electron chi connectivity index (χ1n) is 5.09. The molecule has 0 bridgehead atoms. The van der Waals surface area contributed by atoms with Crippen LogP contribution < -0.4 is 5.32 Å². The minimum Gasteiger partial charge on any atom is -0.410 e. The van der Waals surface area contributed by atoms with Crippen LogP contribution in [0.4, 0.5) is 4.79 Å². The van der Waals surface area contributed by atoms with E-state index in [0.29, 0.717) is 5.76 Å². The molecular formula is C13H15NO2. The highest BCUT2D eigenvalue weighted by Gasteiger charge is 1.99. The first-order chi connectivity index (χ1) is 7.83. The van der Waals surface area contributed by atoms with Crippen LogP contribution in [0.3, 0.4) is 0 Å². The van der Waals surface area contributed by atoms with Crippen molar-refractivity contribution in [1.82, 2.24) is 5.32 Å². The summed E-state index contributed by atoms with van der Waals surface area (Å²) in [6.07, 6.45) is 17.3. The van der Waals surface area contributed by atoms with Gasteiger partial charge in [-0.2, -0.15) is 0 Å². The highest BCUT2D eigenvalue weighted by molar-refractivity contribution is 5.68. The largest absolute Gasteiger partial charge is 0.412 e. The smallest absolute Gasteiger partial charge is 0.410 e. The second-order valence-electron chi connectivity index (χ2n) is 3.04. The Kier molecular flexibility index (Phi) is 5.48. The summed E-state index contributed by atoms with van der Waals surface area (Å²) in [5.74, 6) is 0.513. The van der Waals surface area contributed by atoms with Crippen molar-refractivity contribution >= 4 is 6.09 Å². The van der Waals surface area contributed by atoms with E-state index >= 15 is 0 Å². The molecule has 0 spiro atoms. The van der Waals surface area contributed by atoms with E-state index in [0.717, 1.165) is 6.42 Å². The first kappa shape index (κ1) is 12.0. The Hall–Kier alpha value is -2.03. The van der Waals surface area contributed by atoms with Gasteiger partial charge in [0.1, 0.15) is 5.76 Å². The highest BCUT2D eigenvalue weighted by Crippen LogP contribution is 2.03. The van der Waals surface area contributed by atoms with E-state index < -0.39 is 6.09 Å². The molecule has 1 aliphatic rings. The summed E-state index contributed by atoms with van der Waals surface area (Å²) >= 11 is 0. The van der Waals surface area contributed by atoms with E-state index in [1.165, 1.54) is 7.05 Å². The van der Waals surface area contributed by atoms with Crippen LogP contribution in [-0.4, -0.2) is 13.1 Å². The molecule has 0 saturated carbocycles. The van der Waals surface area contributed by atoms with Gasteiger partial charge in [-0.3, -0.25) is 0 Å². The lowest BCUT2D eigenvalue weighted by Gasteiger charge is -2.02. The fourth-order valence-electron chi connectivity index (χ4n) is 1.04. The van der Waals surface area contributed by atoms with Crippen LogP contribution in [0.2, 0.25) is 0 Å². The lowest BCUT2D eigenvalue weighted by Crippen LogP contribution is -2.18. The van der Waals surface area contributed by atoms with Crippen molar-refractivity contribution in [2.24, 2.45) is 0 Å². The average Bonchev–Trinajstić information content (AvgIpc) is 2.35. The molecule has 0 radical (unpaired) electrons. The second kappa shape index (κ2) is 7.29. The van der Waals surface area contributed by atoms with Gasteiger partial charge < -0.3 is 10.1 Å². The normalized spacial score (nSPS) is 24.4. The van der Waals surface area contributed by atoms with Gasteiger partial charge in [-0.15, -0.1) is 0 Å². The van der Waals surface area contributed by atoms with Crippen LogP contribution in [0.5, 0.6) is 0 Å². The molecule has 0 aliphatic heterocycles. The molecule has 1 N–H and O–H groups in total. The molecule has 84 valence electrons. The number of amides is 1. The predicted octanol–water partition coefficient (Wildman–Crippen LogP) is 2.85. The minimum atomic E-state index is -0.467. The van der Waals surface area contributed by atoms with E-state index in [4.69, 9.17) is 4.74 Å². The van der Waals surface area contributed by atoms with Gasteiger partial charge in [0.2, 0.25) is 0 Å². The van der Waals surface area contributed by atoms with Crippen LogP contribution in [0.1, 0.15) is 6.42 Å². The monoisotopic (exact) mass is 217 g/mol. The summed E-state index contributed by atoms with van der Waals surface area (Å²) < 4.78 is 5.04. The quantitative estimate of drug-likeness (QED) is 0.733. The molecule has 0 aromatic heterocycles. The average molecular weight is 217 g/mol. The van der Waals surface area contributed by atoms with Gasteiger partial charge >= 0.3 is 6.09 Å². The Labute approximate surface area is 95.5 Å². The maximum atomic E-state index is 11.0. The fourth-order valence-corrected chi connectivity index (χ4v) is 1.04. The summed E-state index contributed by atoms with van der Waals surface area (Å²) in [4.78, 5) is 11.0. The number of allylic oxidation sites excluding steroid dienone is 9. The summed E-state index contributed by atoms with van der Waals surface area (Å²) in [6, 6.07) is 0. The molecule has 0 saturated heterocycles. The number of rotatable bonds is 1. The van der Waals surface area contributed by atoms with Gasteiger partial charge in [0, 0.05) is 7.05 Å². The Morgan fingerprint density at radius 3 is 2.75 bits per heavy atom. The van der Waals surface area contributed by atoms with Crippen molar-refractivity contribution in [3.05, 3.63) is 60.4 Å². The van der Waals surface area contributed by atoms with Crippen molar-refractivity contribution in [2.45, 2.75) is 6.42 Å². The van der Waals surface area contributed by atoms with Gasteiger partial charge in [0.15, 0.2) is 0 Å². The number of carbonyl (C=O) groups excluding carboxylic acids is 1. The van der Waals surface area contributed by atoms with Crippen LogP contribution in [-0.2, 0) is 4.74 Å². The molecular weight excluding hydrogens is 202 g/mol. The minimum absolute atomic E-state index is 0.467. The number of hydrogen-bond acceptors (Lipinski definition) is 2. The lowest BCUT2D eigenvalue weighted by molar-refractivity contribution is 0.181. The molecule has 16 heavy (non-hydrogen) atoms. The van der Waals surface area contributed by atoms with Gasteiger partial charge in [0.25, 0.3) is 0 Å². The molecule has 3 nitrogen and oxygen atoms in total. The van der Waals surface area contributed by atoms with E-state index in [9.17, 15) is 4.79 Å². The van der Waals surface area contributed by atoms with E-state index in [-0.39, 0.29) is 0 Å². The van der Waals surface area contributed by atoms with E-state index in [2.05, 4.69) is 5.32 Å². The maximum Gasteiger partial charge on any atom is 0.412 e. The summed E-state index contributed by atoms with van der Waals surface area (Å²) in [5, 5.41) is 2.40.